The standard InChI is InChI=1S/C11H14N4O2/c1-2-17-10-5-9(13-8-14-10)15-6-11(16,7-15)3-4-12/h5,8,16H,2-3,6-7H2,1H3. The molecule has 0 atom stereocenters. The fourth-order valence-corrected chi connectivity index (χ4v) is 1.81. The Balaban J connectivity index is 2.01. The van der Waals surface area contributed by atoms with Gasteiger partial charge < -0.3 is 14.7 Å². The lowest BCUT2D eigenvalue weighted by atomic mass is 9.91. The molecule has 6 heteroatoms. The number of rotatable bonds is 4. The number of anilines is 1. The van der Waals surface area contributed by atoms with E-state index < -0.39 is 5.60 Å². The molecule has 0 radical (unpaired) electrons. The molecule has 1 aromatic heterocycles. The maximum atomic E-state index is 9.88. The van der Waals surface area contributed by atoms with E-state index in [1.165, 1.54) is 6.33 Å². The molecule has 1 fully saturated rings. The minimum Gasteiger partial charge on any atom is -0.478 e. The van der Waals surface area contributed by atoms with Crippen LogP contribution >= 0.6 is 0 Å². The minimum atomic E-state index is -0.897. The van der Waals surface area contributed by atoms with Gasteiger partial charge in [0.15, 0.2) is 0 Å². The van der Waals surface area contributed by atoms with Crippen LogP contribution in [0.15, 0.2) is 12.4 Å². The second-order valence-corrected chi connectivity index (χ2v) is 4.06. The van der Waals surface area contributed by atoms with Gasteiger partial charge in [-0.15, -0.1) is 0 Å². The first kappa shape index (κ1) is 11.6. The van der Waals surface area contributed by atoms with Gasteiger partial charge >= 0.3 is 0 Å². The molecule has 0 spiro atoms. The molecule has 6 nitrogen and oxygen atoms in total. The Bertz CT molecular complexity index is 437. The van der Waals surface area contributed by atoms with Gasteiger partial charge in [0.05, 0.1) is 32.2 Å². The molecule has 0 bridgehead atoms. The molecule has 0 aromatic carbocycles. The first-order chi connectivity index (χ1) is 8.17. The summed E-state index contributed by atoms with van der Waals surface area (Å²) >= 11 is 0. The fraction of sp³-hybridized carbons (Fsp3) is 0.545. The summed E-state index contributed by atoms with van der Waals surface area (Å²) in [6.45, 7) is 3.28. The van der Waals surface area contributed by atoms with Crippen LogP contribution in [0, 0.1) is 11.3 Å². The van der Waals surface area contributed by atoms with Crippen molar-refractivity contribution in [2.24, 2.45) is 0 Å². The largest absolute Gasteiger partial charge is 0.478 e. The van der Waals surface area contributed by atoms with Crippen LogP contribution in [0.3, 0.4) is 0 Å². The van der Waals surface area contributed by atoms with Crippen LogP contribution in [0.5, 0.6) is 5.88 Å². The van der Waals surface area contributed by atoms with Crippen LogP contribution in [0.2, 0.25) is 0 Å². The number of β-amino-alcohol motifs (C(OH)–C–C–N with tert-alkyl or cyclic N) is 1. The summed E-state index contributed by atoms with van der Waals surface area (Å²) in [6.07, 6.45) is 1.58. The number of aromatic nitrogens is 2. The summed E-state index contributed by atoms with van der Waals surface area (Å²) in [5.74, 6) is 1.24. The van der Waals surface area contributed by atoms with E-state index in [4.69, 9.17) is 10.00 Å². The summed E-state index contributed by atoms with van der Waals surface area (Å²) in [7, 11) is 0. The second-order valence-electron chi connectivity index (χ2n) is 4.06. The van der Waals surface area contributed by atoms with Crippen LogP contribution in [0.25, 0.3) is 0 Å². The third-order valence-corrected chi connectivity index (χ3v) is 2.62. The lowest BCUT2D eigenvalue weighted by Gasteiger charge is -2.45. The van der Waals surface area contributed by atoms with Gasteiger partial charge in [-0.05, 0) is 6.92 Å². The fourth-order valence-electron chi connectivity index (χ4n) is 1.81. The number of nitrogens with zero attached hydrogens (tertiary/aromatic N) is 4. The molecular weight excluding hydrogens is 220 g/mol. The Morgan fingerprint density at radius 1 is 1.59 bits per heavy atom. The van der Waals surface area contributed by atoms with Gasteiger partial charge in [0.2, 0.25) is 5.88 Å². The topological polar surface area (TPSA) is 82.3 Å². The molecule has 1 N–H and O–H groups in total. The Kier molecular flexibility index (Phi) is 3.11. The predicted molar refractivity (Wildman–Crippen MR) is 60.6 cm³/mol. The Labute approximate surface area is 99.5 Å². The monoisotopic (exact) mass is 234 g/mol. The van der Waals surface area contributed by atoms with Gasteiger partial charge in [-0.3, -0.25) is 0 Å². The lowest BCUT2D eigenvalue weighted by molar-refractivity contribution is 0.0161. The molecule has 2 rings (SSSR count). The minimum absolute atomic E-state index is 0.146. The smallest absolute Gasteiger partial charge is 0.218 e. The van der Waals surface area contributed by atoms with E-state index in [1.807, 2.05) is 17.9 Å². The number of hydrogen-bond acceptors (Lipinski definition) is 6. The van der Waals surface area contributed by atoms with Gasteiger partial charge in [0.25, 0.3) is 0 Å². The Morgan fingerprint density at radius 2 is 2.35 bits per heavy atom. The molecule has 1 aromatic rings. The summed E-state index contributed by atoms with van der Waals surface area (Å²) < 4.78 is 5.27. The van der Waals surface area contributed by atoms with Crippen molar-refractivity contribution in [3.63, 3.8) is 0 Å². The van der Waals surface area contributed by atoms with Crippen molar-refractivity contribution in [1.82, 2.24) is 9.97 Å². The first-order valence-corrected chi connectivity index (χ1v) is 5.46. The highest BCUT2D eigenvalue weighted by molar-refractivity contribution is 5.45. The van der Waals surface area contributed by atoms with E-state index in [2.05, 4.69) is 9.97 Å². The molecule has 0 aliphatic carbocycles. The van der Waals surface area contributed by atoms with Crippen molar-refractivity contribution in [3.05, 3.63) is 12.4 Å². The molecular formula is C11H14N4O2. The molecule has 90 valence electrons. The summed E-state index contributed by atoms with van der Waals surface area (Å²) in [5, 5.41) is 18.4. The maximum absolute atomic E-state index is 9.88. The summed E-state index contributed by atoms with van der Waals surface area (Å²) in [5.41, 5.74) is -0.897. The average molecular weight is 234 g/mol. The molecule has 2 heterocycles. The number of hydrogen-bond donors (Lipinski definition) is 1. The quantitative estimate of drug-likeness (QED) is 0.809. The lowest BCUT2D eigenvalue weighted by Crippen LogP contribution is -2.62. The maximum Gasteiger partial charge on any atom is 0.218 e. The highest BCUT2D eigenvalue weighted by Gasteiger charge is 2.41. The van der Waals surface area contributed by atoms with Crippen molar-refractivity contribution in [3.8, 4) is 11.9 Å². The van der Waals surface area contributed by atoms with Gasteiger partial charge in [0.1, 0.15) is 17.7 Å². The van der Waals surface area contributed by atoms with E-state index in [0.29, 0.717) is 31.4 Å². The number of ether oxygens (including phenoxy) is 1. The van der Waals surface area contributed by atoms with E-state index in [0.717, 1.165) is 0 Å². The predicted octanol–water partition coefficient (Wildman–Crippen LogP) is 0.340. The zero-order valence-electron chi connectivity index (χ0n) is 9.63. The van der Waals surface area contributed by atoms with Gasteiger partial charge in [-0.25, -0.2) is 9.97 Å². The van der Waals surface area contributed by atoms with Crippen molar-refractivity contribution < 1.29 is 9.84 Å². The Hall–Kier alpha value is -1.87. The number of nitriles is 1. The highest BCUT2D eigenvalue weighted by Crippen LogP contribution is 2.29. The Morgan fingerprint density at radius 3 is 3.00 bits per heavy atom. The molecule has 0 saturated carbocycles. The van der Waals surface area contributed by atoms with Crippen molar-refractivity contribution >= 4 is 5.82 Å². The molecule has 1 saturated heterocycles. The molecule has 1 aliphatic rings. The third-order valence-electron chi connectivity index (χ3n) is 2.62. The van der Waals surface area contributed by atoms with E-state index in [-0.39, 0.29) is 6.42 Å². The third kappa shape index (κ3) is 2.45. The zero-order valence-corrected chi connectivity index (χ0v) is 9.63. The van der Waals surface area contributed by atoms with Crippen molar-refractivity contribution in [2.75, 3.05) is 24.6 Å². The summed E-state index contributed by atoms with van der Waals surface area (Å²) in [6, 6.07) is 3.71. The summed E-state index contributed by atoms with van der Waals surface area (Å²) in [4.78, 5) is 9.97. The second kappa shape index (κ2) is 4.55. The number of aliphatic hydroxyl groups is 1. The molecule has 17 heavy (non-hydrogen) atoms. The van der Waals surface area contributed by atoms with E-state index in [9.17, 15) is 5.11 Å². The van der Waals surface area contributed by atoms with Crippen LogP contribution in [0.1, 0.15) is 13.3 Å². The van der Waals surface area contributed by atoms with Crippen LogP contribution in [-0.2, 0) is 0 Å². The first-order valence-electron chi connectivity index (χ1n) is 5.46. The van der Waals surface area contributed by atoms with Gasteiger partial charge in [-0.1, -0.05) is 0 Å². The molecule has 1 aliphatic heterocycles. The average Bonchev–Trinajstić information content (AvgIpc) is 2.27. The SMILES string of the molecule is CCOc1cc(N2CC(O)(CC#N)C2)ncn1. The van der Waals surface area contributed by atoms with Crippen LogP contribution in [0.4, 0.5) is 5.82 Å². The normalized spacial score (nSPS) is 17.1. The van der Waals surface area contributed by atoms with Crippen LogP contribution in [-0.4, -0.2) is 40.4 Å². The van der Waals surface area contributed by atoms with Gasteiger partial charge in [0, 0.05) is 6.07 Å². The molecule has 0 unspecified atom stereocenters. The van der Waals surface area contributed by atoms with Crippen LogP contribution < -0.4 is 9.64 Å². The van der Waals surface area contributed by atoms with Crippen molar-refractivity contribution in [2.45, 2.75) is 18.9 Å². The zero-order chi connectivity index (χ0) is 12.3. The van der Waals surface area contributed by atoms with E-state index >= 15 is 0 Å². The van der Waals surface area contributed by atoms with E-state index in [1.54, 1.807) is 6.07 Å². The van der Waals surface area contributed by atoms with Crippen molar-refractivity contribution in [1.29, 1.82) is 5.26 Å². The van der Waals surface area contributed by atoms with Gasteiger partial charge in [-0.2, -0.15) is 5.26 Å². The highest BCUT2D eigenvalue weighted by atomic mass is 16.5. The molecule has 0 amide bonds.